The number of nitrogens with one attached hydrogen (secondary N) is 1. The zero-order valence-electron chi connectivity index (χ0n) is 24.0. The van der Waals surface area contributed by atoms with E-state index in [0.717, 1.165) is 5.56 Å². The third-order valence-corrected chi connectivity index (χ3v) is 8.57. The number of hydrogen-bond acceptors (Lipinski definition) is 7. The van der Waals surface area contributed by atoms with Gasteiger partial charge in [0, 0.05) is 43.2 Å². The second kappa shape index (κ2) is 13.3. The van der Waals surface area contributed by atoms with Crippen LogP contribution in [0.25, 0.3) is 0 Å². The summed E-state index contributed by atoms with van der Waals surface area (Å²) in [6.07, 6.45) is 2.94. The van der Waals surface area contributed by atoms with Crippen LogP contribution in [0.15, 0.2) is 48.7 Å². The Kier molecular flexibility index (Phi) is 9.46. The van der Waals surface area contributed by atoms with Crippen molar-refractivity contribution in [2.75, 3.05) is 50.3 Å². The molecule has 0 spiro atoms. The van der Waals surface area contributed by atoms with Crippen LogP contribution in [-0.2, 0) is 22.5 Å². The Balaban J connectivity index is 1.36. The predicted molar refractivity (Wildman–Crippen MR) is 163 cm³/mol. The van der Waals surface area contributed by atoms with Gasteiger partial charge in [0.2, 0.25) is 5.91 Å². The summed E-state index contributed by atoms with van der Waals surface area (Å²) in [6.45, 7) is 2.04. The van der Waals surface area contributed by atoms with Crippen molar-refractivity contribution in [3.05, 3.63) is 75.7 Å². The van der Waals surface area contributed by atoms with Crippen LogP contribution < -0.4 is 24.6 Å². The quantitative estimate of drug-likeness (QED) is 0.308. The van der Waals surface area contributed by atoms with Gasteiger partial charge in [0.05, 0.1) is 43.1 Å². The summed E-state index contributed by atoms with van der Waals surface area (Å²) in [7, 11) is 2.90. The van der Waals surface area contributed by atoms with Gasteiger partial charge in [-0.1, -0.05) is 35.3 Å². The molecule has 1 aromatic heterocycles. The number of amides is 2. The molecule has 9 nitrogen and oxygen atoms in total. The summed E-state index contributed by atoms with van der Waals surface area (Å²) < 4.78 is 31.8. The summed E-state index contributed by atoms with van der Waals surface area (Å²) in [6, 6.07) is 11.9. The van der Waals surface area contributed by atoms with E-state index in [1.54, 1.807) is 25.4 Å². The Morgan fingerprint density at radius 2 is 1.84 bits per heavy atom. The molecule has 0 radical (unpaired) electrons. The van der Waals surface area contributed by atoms with Crippen molar-refractivity contribution in [2.45, 2.75) is 32.2 Å². The number of carbonyl (C=O) groups is 2. The van der Waals surface area contributed by atoms with Gasteiger partial charge in [-0.15, -0.1) is 0 Å². The van der Waals surface area contributed by atoms with Crippen molar-refractivity contribution in [1.29, 1.82) is 0 Å². The fourth-order valence-corrected chi connectivity index (χ4v) is 6.10. The maximum absolute atomic E-state index is 15.3. The monoisotopic (exact) mass is 630 g/mol. The summed E-state index contributed by atoms with van der Waals surface area (Å²) in [4.78, 5) is 33.0. The lowest BCUT2D eigenvalue weighted by atomic mass is 9.79. The minimum Gasteiger partial charge on any atom is -0.497 e. The summed E-state index contributed by atoms with van der Waals surface area (Å²) >= 11 is 12.4. The smallest absolute Gasteiger partial charge is 0.406 e. The van der Waals surface area contributed by atoms with Crippen molar-refractivity contribution < 1.29 is 28.2 Å². The normalized spacial score (nSPS) is 16.0. The summed E-state index contributed by atoms with van der Waals surface area (Å²) in [5, 5.41) is 3.76. The van der Waals surface area contributed by atoms with E-state index in [-0.39, 0.29) is 31.2 Å². The van der Waals surface area contributed by atoms with E-state index in [1.807, 2.05) is 24.3 Å². The van der Waals surface area contributed by atoms with Gasteiger partial charge in [-0.25, -0.2) is 14.2 Å². The molecule has 0 aliphatic carbocycles. The van der Waals surface area contributed by atoms with Crippen LogP contribution in [0.3, 0.4) is 0 Å². The highest BCUT2D eigenvalue weighted by Gasteiger charge is 2.38. The maximum atomic E-state index is 15.3. The number of halogens is 3. The van der Waals surface area contributed by atoms with Gasteiger partial charge >= 0.3 is 6.09 Å². The van der Waals surface area contributed by atoms with Crippen LogP contribution in [0, 0.1) is 11.2 Å². The molecule has 3 aromatic rings. The van der Waals surface area contributed by atoms with Gasteiger partial charge in [-0.2, -0.15) is 0 Å². The molecule has 0 bridgehead atoms. The zero-order chi connectivity index (χ0) is 30.6. The van der Waals surface area contributed by atoms with Crippen molar-refractivity contribution in [2.24, 2.45) is 5.41 Å². The van der Waals surface area contributed by atoms with Gasteiger partial charge in [0.25, 0.3) is 0 Å². The van der Waals surface area contributed by atoms with Crippen molar-refractivity contribution in [3.63, 3.8) is 0 Å². The van der Waals surface area contributed by atoms with E-state index >= 15 is 4.39 Å². The van der Waals surface area contributed by atoms with Crippen LogP contribution in [0.1, 0.15) is 30.4 Å². The molecule has 1 fully saturated rings. The largest absolute Gasteiger partial charge is 0.497 e. The highest BCUT2D eigenvalue weighted by molar-refractivity contribution is 6.36. The second-order valence-corrected chi connectivity index (χ2v) is 11.6. The first kappa shape index (κ1) is 30.7. The first-order valence-corrected chi connectivity index (χ1v) is 14.7. The van der Waals surface area contributed by atoms with Gasteiger partial charge < -0.3 is 29.3 Å². The number of fused-ring (bicyclic) bond motifs is 1. The topological polar surface area (TPSA) is 93.2 Å². The first-order valence-electron chi connectivity index (χ1n) is 14.0. The Morgan fingerprint density at radius 1 is 1.09 bits per heavy atom. The highest BCUT2D eigenvalue weighted by Crippen LogP contribution is 2.40. The number of pyridine rings is 1. The molecule has 0 unspecified atom stereocenters. The van der Waals surface area contributed by atoms with E-state index in [9.17, 15) is 9.59 Å². The summed E-state index contributed by atoms with van der Waals surface area (Å²) in [5.74, 6) is 1.23. The number of ether oxygens (including phenoxy) is 3. The van der Waals surface area contributed by atoms with Crippen molar-refractivity contribution in [3.8, 4) is 11.5 Å². The molecule has 12 heteroatoms. The minimum absolute atomic E-state index is 0.153. The molecule has 0 atom stereocenters. The van der Waals surface area contributed by atoms with Crippen LogP contribution in [0.2, 0.25) is 10.0 Å². The predicted octanol–water partition coefficient (Wildman–Crippen LogP) is 6.04. The second-order valence-electron chi connectivity index (χ2n) is 10.8. The number of methoxy groups -OCH3 is 2. The number of aromatic nitrogens is 1. The molecule has 5 rings (SSSR count). The van der Waals surface area contributed by atoms with E-state index in [4.69, 9.17) is 37.4 Å². The Morgan fingerprint density at radius 3 is 2.51 bits per heavy atom. The molecule has 2 aromatic carbocycles. The molecule has 1 saturated heterocycles. The number of rotatable bonds is 9. The van der Waals surface area contributed by atoms with Gasteiger partial charge in [-0.05, 0) is 55.2 Å². The number of nitrogens with zero attached hydrogens (tertiary/aromatic N) is 3. The average Bonchev–Trinajstić information content (AvgIpc) is 3.01. The number of hydrogen-bond donors (Lipinski definition) is 1. The number of carbonyl (C=O) groups excluding carboxylic acids is 2. The highest BCUT2D eigenvalue weighted by atomic mass is 35.5. The van der Waals surface area contributed by atoms with Gasteiger partial charge in [0.15, 0.2) is 0 Å². The molecular formula is C31H33Cl2FN4O5. The zero-order valence-corrected chi connectivity index (χ0v) is 25.5. The van der Waals surface area contributed by atoms with Gasteiger partial charge in [0.1, 0.15) is 23.1 Å². The fourth-order valence-electron chi connectivity index (χ4n) is 5.60. The van der Waals surface area contributed by atoms with Crippen LogP contribution in [0.5, 0.6) is 11.5 Å². The van der Waals surface area contributed by atoms with Crippen LogP contribution in [-0.4, -0.2) is 57.4 Å². The van der Waals surface area contributed by atoms with Crippen LogP contribution in [0.4, 0.5) is 20.7 Å². The van der Waals surface area contributed by atoms with Crippen molar-refractivity contribution >= 4 is 46.7 Å². The molecule has 3 heterocycles. The molecule has 228 valence electrons. The molecule has 0 saturated carbocycles. The third kappa shape index (κ3) is 6.91. The Hall–Kier alpha value is -3.76. The fraction of sp³-hybridized carbons (Fsp3) is 0.387. The third-order valence-electron chi connectivity index (χ3n) is 8.09. The number of alkyl carbamates (subject to hydrolysis) is 1. The SMILES string of the molecule is COC(=O)NCC1(COc2ccc(F)c3c2CCC(=O)N3Cc2ccc(OC)cc2)CCN(c2ncc(Cl)cc2Cl)CC1. The van der Waals surface area contributed by atoms with E-state index in [1.165, 1.54) is 18.1 Å². The molecular weight excluding hydrogens is 598 g/mol. The van der Waals surface area contributed by atoms with E-state index in [0.29, 0.717) is 71.8 Å². The molecule has 43 heavy (non-hydrogen) atoms. The number of benzene rings is 2. The average molecular weight is 632 g/mol. The number of anilines is 2. The Bertz CT molecular complexity index is 1480. The van der Waals surface area contributed by atoms with Crippen molar-refractivity contribution in [1.82, 2.24) is 10.3 Å². The first-order chi connectivity index (χ1) is 20.7. The van der Waals surface area contributed by atoms with Crippen LogP contribution >= 0.6 is 23.2 Å². The standard InChI is InChI=1S/C31H33Cl2FN4O5/c1-41-22-5-3-20(4-6-22)17-38-27(39)10-7-23-26(9-8-25(34)28(23)38)43-19-31(18-36-30(40)42-2)11-13-37(14-12-31)29-24(33)15-21(32)16-35-29/h3-6,8-9,15-16H,7,10-14,17-19H2,1-2H3,(H,36,40). The number of piperidine rings is 1. The lowest BCUT2D eigenvalue weighted by Crippen LogP contribution is -2.49. The molecule has 2 aliphatic rings. The van der Waals surface area contributed by atoms with E-state index in [2.05, 4.69) is 15.2 Å². The lowest BCUT2D eigenvalue weighted by Gasteiger charge is -2.42. The van der Waals surface area contributed by atoms with E-state index < -0.39 is 17.3 Å². The lowest BCUT2D eigenvalue weighted by molar-refractivity contribution is -0.119. The summed E-state index contributed by atoms with van der Waals surface area (Å²) in [5.41, 5.74) is 1.30. The molecule has 2 aliphatic heterocycles. The Labute approximate surface area is 259 Å². The van der Waals surface area contributed by atoms with Gasteiger partial charge in [-0.3, -0.25) is 4.79 Å². The minimum atomic E-state index is -0.531. The maximum Gasteiger partial charge on any atom is 0.406 e. The molecule has 2 amide bonds. The molecule has 1 N–H and O–H groups in total.